The maximum absolute atomic E-state index is 6.33. The third-order valence-corrected chi connectivity index (χ3v) is 9.83. The number of fused-ring (bicyclic) bond motifs is 10. The lowest BCUT2D eigenvalue weighted by Gasteiger charge is -2.13. The van der Waals surface area contributed by atoms with Crippen LogP contribution in [0.5, 0.6) is 0 Å². The number of thiophene rings is 1. The minimum absolute atomic E-state index is 0.537. The van der Waals surface area contributed by atoms with Gasteiger partial charge in [0.05, 0.1) is 11.0 Å². The molecule has 0 fully saturated rings. The van der Waals surface area contributed by atoms with Gasteiger partial charge in [0.2, 0.25) is 5.71 Å². The molecule has 0 aliphatic carbocycles. The van der Waals surface area contributed by atoms with E-state index in [2.05, 4.69) is 114 Å². The third kappa shape index (κ3) is 3.20. The van der Waals surface area contributed by atoms with Gasteiger partial charge in [-0.25, -0.2) is 4.98 Å². The number of para-hydroxylation sites is 2. The Hall–Kier alpha value is -5.52. The van der Waals surface area contributed by atoms with E-state index in [4.69, 9.17) is 14.4 Å². The topological polar surface area (TPSA) is 43.9 Å². The average molecular weight is 568 g/mol. The van der Waals surface area contributed by atoms with Crippen LogP contribution in [0.3, 0.4) is 0 Å². The fourth-order valence-electron chi connectivity index (χ4n) is 6.67. The minimum atomic E-state index is 0.537. The maximum Gasteiger partial charge on any atom is 0.248 e. The van der Waals surface area contributed by atoms with E-state index >= 15 is 0 Å². The van der Waals surface area contributed by atoms with Crippen LogP contribution in [0.4, 0.5) is 0 Å². The number of furan rings is 1. The fraction of sp³-hybridized carbons (Fsp3) is 0. The van der Waals surface area contributed by atoms with Crippen LogP contribution in [0, 0.1) is 0 Å². The number of hydrogen-bond donors (Lipinski definition) is 0. The van der Waals surface area contributed by atoms with Crippen LogP contribution in [-0.4, -0.2) is 14.5 Å². The Balaban J connectivity index is 1.40. The summed E-state index contributed by atoms with van der Waals surface area (Å²) in [6, 6.07) is 44.9. The maximum atomic E-state index is 6.33. The molecule has 0 bridgehead atoms. The van der Waals surface area contributed by atoms with E-state index in [0.29, 0.717) is 5.71 Å². The Morgan fingerprint density at radius 2 is 1.28 bits per heavy atom. The van der Waals surface area contributed by atoms with Crippen molar-refractivity contribution in [2.24, 2.45) is 0 Å². The van der Waals surface area contributed by atoms with Crippen LogP contribution in [0.15, 0.2) is 132 Å². The molecule has 4 aromatic heterocycles. The Bertz CT molecular complexity index is 2750. The zero-order valence-corrected chi connectivity index (χ0v) is 23.6. The van der Waals surface area contributed by atoms with E-state index in [9.17, 15) is 0 Å². The summed E-state index contributed by atoms with van der Waals surface area (Å²) in [5.41, 5.74) is 6.19. The van der Waals surface area contributed by atoms with Gasteiger partial charge in [-0.3, -0.25) is 4.57 Å². The highest BCUT2D eigenvalue weighted by Gasteiger charge is 2.23. The molecule has 0 spiro atoms. The molecule has 5 heteroatoms. The van der Waals surface area contributed by atoms with E-state index in [1.54, 1.807) is 0 Å². The van der Waals surface area contributed by atoms with Gasteiger partial charge in [-0.05, 0) is 47.2 Å². The van der Waals surface area contributed by atoms with Crippen LogP contribution < -0.4 is 0 Å². The van der Waals surface area contributed by atoms with Crippen LogP contribution in [-0.2, 0) is 0 Å². The van der Waals surface area contributed by atoms with Gasteiger partial charge in [-0.15, -0.1) is 11.3 Å². The van der Waals surface area contributed by atoms with Gasteiger partial charge in [0.15, 0.2) is 5.82 Å². The summed E-state index contributed by atoms with van der Waals surface area (Å²) in [6.07, 6.45) is 0. The molecule has 0 saturated carbocycles. The zero-order chi connectivity index (χ0) is 28.1. The van der Waals surface area contributed by atoms with Gasteiger partial charge in [0.1, 0.15) is 16.8 Å². The second-order valence-corrected chi connectivity index (χ2v) is 12.0. The van der Waals surface area contributed by atoms with Crippen molar-refractivity contribution >= 4 is 86.3 Å². The highest BCUT2D eigenvalue weighted by molar-refractivity contribution is 7.26. The van der Waals surface area contributed by atoms with Gasteiger partial charge in [0, 0.05) is 41.9 Å². The lowest BCUT2D eigenvalue weighted by Crippen LogP contribution is -2.03. The van der Waals surface area contributed by atoms with Crippen molar-refractivity contribution in [2.45, 2.75) is 0 Å². The van der Waals surface area contributed by atoms with E-state index in [-0.39, 0.29) is 0 Å². The highest BCUT2D eigenvalue weighted by Crippen LogP contribution is 2.43. The van der Waals surface area contributed by atoms with Crippen LogP contribution >= 0.6 is 11.3 Å². The summed E-state index contributed by atoms with van der Waals surface area (Å²) >= 11 is 1.81. The first-order chi connectivity index (χ1) is 21.3. The number of rotatable bonds is 2. The molecule has 0 N–H and O–H groups in total. The van der Waals surface area contributed by atoms with Crippen molar-refractivity contribution in [2.75, 3.05) is 0 Å². The van der Waals surface area contributed by atoms with Crippen molar-refractivity contribution in [1.82, 2.24) is 14.5 Å². The standard InChI is InChI=1S/C38H21N3OS/c1-2-11-23-21-31-29(20-22(23)10-1)24-12-3-6-17-30(24)41(31)37-34(39-35-27-14-4-7-18-32(27)42-38(35)40-37)28-16-9-15-26-25-13-5-8-19-33(25)43-36(26)28/h1-21H. The third-order valence-electron chi connectivity index (χ3n) is 8.61. The molecule has 10 rings (SSSR count). The molecule has 43 heavy (non-hydrogen) atoms. The first-order valence-electron chi connectivity index (χ1n) is 14.3. The van der Waals surface area contributed by atoms with Crippen molar-refractivity contribution in [3.8, 4) is 17.1 Å². The van der Waals surface area contributed by atoms with Crippen LogP contribution in [0.1, 0.15) is 0 Å². The van der Waals surface area contributed by atoms with Gasteiger partial charge in [-0.1, -0.05) is 91.0 Å². The number of aromatic nitrogens is 3. The molecule has 0 radical (unpaired) electrons. The zero-order valence-electron chi connectivity index (χ0n) is 22.8. The normalized spacial score (nSPS) is 12.2. The molecule has 4 nitrogen and oxygen atoms in total. The molecule has 4 heterocycles. The highest BCUT2D eigenvalue weighted by atomic mass is 32.1. The quantitative estimate of drug-likeness (QED) is 0.209. The Kier molecular flexibility index (Phi) is 4.57. The molecule has 200 valence electrons. The van der Waals surface area contributed by atoms with Crippen molar-refractivity contribution in [3.63, 3.8) is 0 Å². The second-order valence-electron chi connectivity index (χ2n) is 11.0. The van der Waals surface area contributed by atoms with Crippen molar-refractivity contribution in [3.05, 3.63) is 127 Å². The molecule has 6 aromatic carbocycles. The second kappa shape index (κ2) is 8.51. The summed E-state index contributed by atoms with van der Waals surface area (Å²) in [6.45, 7) is 0. The fourth-order valence-corrected chi connectivity index (χ4v) is 7.88. The molecular weight excluding hydrogens is 547 g/mol. The summed E-state index contributed by atoms with van der Waals surface area (Å²) in [7, 11) is 0. The molecule has 0 aliphatic heterocycles. The van der Waals surface area contributed by atoms with E-state index in [1.807, 2.05) is 29.5 Å². The van der Waals surface area contributed by atoms with Crippen LogP contribution in [0.25, 0.3) is 92.0 Å². The molecule has 0 amide bonds. The van der Waals surface area contributed by atoms with Gasteiger partial charge < -0.3 is 4.42 Å². The number of hydrogen-bond acceptors (Lipinski definition) is 4. The van der Waals surface area contributed by atoms with Crippen LogP contribution in [0.2, 0.25) is 0 Å². The summed E-state index contributed by atoms with van der Waals surface area (Å²) in [5.74, 6) is 0.762. The minimum Gasteiger partial charge on any atom is -0.436 e. The van der Waals surface area contributed by atoms with Gasteiger partial charge >= 0.3 is 0 Å². The number of benzene rings is 6. The molecule has 10 aromatic rings. The van der Waals surface area contributed by atoms with Crippen molar-refractivity contribution in [1.29, 1.82) is 0 Å². The largest absolute Gasteiger partial charge is 0.436 e. The molecule has 0 atom stereocenters. The predicted molar refractivity (Wildman–Crippen MR) is 179 cm³/mol. The lowest BCUT2D eigenvalue weighted by atomic mass is 10.1. The Labute approximate surface area is 249 Å². The van der Waals surface area contributed by atoms with Gasteiger partial charge in [0.25, 0.3) is 0 Å². The lowest BCUT2D eigenvalue weighted by molar-refractivity contribution is 0.652. The smallest absolute Gasteiger partial charge is 0.248 e. The molecule has 0 aliphatic rings. The number of nitrogens with zero attached hydrogens (tertiary/aromatic N) is 3. The Morgan fingerprint density at radius 1 is 0.558 bits per heavy atom. The van der Waals surface area contributed by atoms with Crippen molar-refractivity contribution < 1.29 is 4.42 Å². The molecule has 0 saturated heterocycles. The predicted octanol–water partition coefficient (Wildman–Crippen LogP) is 10.7. The summed E-state index contributed by atoms with van der Waals surface area (Å²) in [4.78, 5) is 10.7. The van der Waals surface area contributed by atoms with E-state index in [0.717, 1.165) is 44.6 Å². The summed E-state index contributed by atoms with van der Waals surface area (Å²) in [5, 5.41) is 8.23. The average Bonchev–Trinajstić information content (AvgIpc) is 3.72. The molecular formula is C38H21N3OS. The first-order valence-corrected chi connectivity index (χ1v) is 15.2. The molecule has 0 unspecified atom stereocenters. The van der Waals surface area contributed by atoms with E-state index < -0.39 is 0 Å². The Morgan fingerprint density at radius 3 is 2.19 bits per heavy atom. The van der Waals surface area contributed by atoms with Gasteiger partial charge in [-0.2, -0.15) is 4.98 Å². The van der Waals surface area contributed by atoms with E-state index in [1.165, 1.54) is 41.7 Å². The summed E-state index contributed by atoms with van der Waals surface area (Å²) < 4.78 is 11.1. The first kappa shape index (κ1) is 23.1. The SMILES string of the molecule is c1ccc2cc3c(cc2c1)c1ccccc1n3-c1nc2oc3ccccc3c2nc1-c1cccc2c1sc1ccccc12. The monoisotopic (exact) mass is 567 g/mol.